The molecule has 114 valence electrons. The van der Waals surface area contributed by atoms with E-state index in [2.05, 4.69) is 4.98 Å². The van der Waals surface area contributed by atoms with Gasteiger partial charge in [0, 0.05) is 17.7 Å². The summed E-state index contributed by atoms with van der Waals surface area (Å²) < 4.78 is 4.80. The summed E-state index contributed by atoms with van der Waals surface area (Å²) in [5.74, 6) is -1.14. The number of rotatable bonds is 5. The number of H-pyrrole nitrogens is 1. The van der Waals surface area contributed by atoms with Gasteiger partial charge in [-0.25, -0.2) is 4.79 Å². The number of nitro benzene ring substituents is 1. The number of nitrogens with zero attached hydrogens (tertiary/aromatic N) is 1. The summed E-state index contributed by atoms with van der Waals surface area (Å²) >= 11 is 5.92. The number of carbonyl (C=O) groups excluding carboxylic acids is 2. The Morgan fingerprint density at radius 1 is 1.27 bits per heavy atom. The van der Waals surface area contributed by atoms with Crippen molar-refractivity contribution in [2.24, 2.45) is 0 Å². The first-order valence-electron chi connectivity index (χ1n) is 6.28. The highest BCUT2D eigenvalue weighted by atomic mass is 35.5. The number of non-ortho nitro benzene ring substituents is 1. The van der Waals surface area contributed by atoms with E-state index < -0.39 is 16.7 Å². The number of ketones is 1. The van der Waals surface area contributed by atoms with Gasteiger partial charge in [-0.05, 0) is 25.1 Å². The number of hydrogen-bond donors (Lipinski definition) is 1. The van der Waals surface area contributed by atoms with E-state index in [0.29, 0.717) is 0 Å². The average Bonchev–Trinajstić information content (AvgIpc) is 2.97. The number of benzene rings is 1. The average molecular weight is 323 g/mol. The zero-order valence-corrected chi connectivity index (χ0v) is 12.2. The maximum atomic E-state index is 12.3. The second-order valence-electron chi connectivity index (χ2n) is 4.26. The number of nitrogens with one attached hydrogen (secondary N) is 1. The van der Waals surface area contributed by atoms with Crippen LogP contribution in [0.5, 0.6) is 0 Å². The van der Waals surface area contributed by atoms with Crippen LogP contribution >= 0.6 is 11.6 Å². The lowest BCUT2D eigenvalue weighted by Crippen LogP contribution is -2.07. The molecule has 0 radical (unpaired) electrons. The number of halogens is 1. The van der Waals surface area contributed by atoms with Crippen molar-refractivity contribution in [1.29, 1.82) is 0 Å². The summed E-state index contributed by atoms with van der Waals surface area (Å²) in [6.07, 6.45) is 0. The van der Waals surface area contributed by atoms with Crippen LogP contribution in [-0.4, -0.2) is 28.3 Å². The van der Waals surface area contributed by atoms with Crippen molar-refractivity contribution in [1.82, 2.24) is 4.98 Å². The number of carbonyl (C=O) groups is 2. The van der Waals surface area contributed by atoms with E-state index in [1.807, 2.05) is 0 Å². The van der Waals surface area contributed by atoms with Gasteiger partial charge in [-0.2, -0.15) is 0 Å². The van der Waals surface area contributed by atoms with Crippen LogP contribution in [0.25, 0.3) is 0 Å². The van der Waals surface area contributed by atoms with Gasteiger partial charge in [0.15, 0.2) is 0 Å². The molecule has 22 heavy (non-hydrogen) atoms. The van der Waals surface area contributed by atoms with Crippen molar-refractivity contribution in [2.45, 2.75) is 6.92 Å². The van der Waals surface area contributed by atoms with Gasteiger partial charge in [-0.15, -0.1) is 0 Å². The molecule has 0 amide bonds. The molecular weight excluding hydrogens is 312 g/mol. The topological polar surface area (TPSA) is 102 Å². The summed E-state index contributed by atoms with van der Waals surface area (Å²) in [6.45, 7) is 1.87. The fraction of sp³-hybridized carbons (Fsp3) is 0.143. The Labute approximate surface area is 130 Å². The van der Waals surface area contributed by atoms with E-state index in [1.165, 1.54) is 24.3 Å². The molecule has 0 spiro atoms. The van der Waals surface area contributed by atoms with Crippen LogP contribution in [-0.2, 0) is 4.74 Å². The molecule has 0 saturated carbocycles. The first-order valence-corrected chi connectivity index (χ1v) is 6.66. The van der Waals surface area contributed by atoms with Crippen molar-refractivity contribution >= 4 is 29.0 Å². The van der Waals surface area contributed by atoms with Gasteiger partial charge in [-0.1, -0.05) is 11.6 Å². The smallest absolute Gasteiger partial charge is 0.354 e. The zero-order chi connectivity index (χ0) is 16.3. The fourth-order valence-electron chi connectivity index (χ4n) is 1.80. The molecule has 0 atom stereocenters. The van der Waals surface area contributed by atoms with Crippen LogP contribution in [0.15, 0.2) is 30.3 Å². The normalized spacial score (nSPS) is 10.3. The van der Waals surface area contributed by atoms with Gasteiger partial charge in [0.25, 0.3) is 5.69 Å². The maximum Gasteiger partial charge on any atom is 0.354 e. The van der Waals surface area contributed by atoms with Gasteiger partial charge < -0.3 is 9.72 Å². The van der Waals surface area contributed by atoms with Crippen LogP contribution in [0, 0.1) is 10.1 Å². The van der Waals surface area contributed by atoms with Crippen LogP contribution in [0.4, 0.5) is 5.69 Å². The molecular formula is C14H11ClN2O5. The lowest BCUT2D eigenvalue weighted by atomic mass is 10.1. The highest BCUT2D eigenvalue weighted by molar-refractivity contribution is 6.35. The number of nitro groups is 1. The molecule has 0 unspecified atom stereocenters. The van der Waals surface area contributed by atoms with E-state index in [1.54, 1.807) is 6.92 Å². The van der Waals surface area contributed by atoms with Crippen molar-refractivity contribution in [2.75, 3.05) is 6.61 Å². The predicted octanol–water partition coefficient (Wildman–Crippen LogP) is 2.98. The standard InChI is InChI=1S/C14H11ClN2O5/c1-2-22-14(19)12-6-5-11(16-12)13(18)9-7-8(17(20)21)3-4-10(9)15/h3-7,16H,2H2,1H3. The largest absolute Gasteiger partial charge is 0.461 e. The van der Waals surface area contributed by atoms with E-state index >= 15 is 0 Å². The van der Waals surface area contributed by atoms with Crippen LogP contribution in [0.3, 0.4) is 0 Å². The molecule has 2 rings (SSSR count). The van der Waals surface area contributed by atoms with Crippen molar-refractivity contribution in [3.8, 4) is 0 Å². The Morgan fingerprint density at radius 2 is 1.95 bits per heavy atom. The third kappa shape index (κ3) is 3.15. The quantitative estimate of drug-likeness (QED) is 0.394. The van der Waals surface area contributed by atoms with Gasteiger partial charge >= 0.3 is 5.97 Å². The third-order valence-electron chi connectivity index (χ3n) is 2.83. The minimum Gasteiger partial charge on any atom is -0.461 e. The first kappa shape index (κ1) is 15.7. The summed E-state index contributed by atoms with van der Waals surface area (Å²) in [5, 5.41) is 10.9. The Hall–Kier alpha value is -2.67. The highest BCUT2D eigenvalue weighted by Gasteiger charge is 2.20. The van der Waals surface area contributed by atoms with Gasteiger partial charge in [0.2, 0.25) is 5.78 Å². The minimum atomic E-state index is -0.619. The molecule has 0 aliphatic heterocycles. The lowest BCUT2D eigenvalue weighted by molar-refractivity contribution is -0.384. The van der Waals surface area contributed by atoms with E-state index in [4.69, 9.17) is 16.3 Å². The highest BCUT2D eigenvalue weighted by Crippen LogP contribution is 2.24. The third-order valence-corrected chi connectivity index (χ3v) is 3.16. The summed E-state index contributed by atoms with van der Waals surface area (Å²) in [5.41, 5.74) is -0.0600. The number of aromatic nitrogens is 1. The monoisotopic (exact) mass is 322 g/mol. The molecule has 1 N–H and O–H groups in total. The van der Waals surface area contributed by atoms with E-state index in [-0.39, 0.29) is 34.3 Å². The SMILES string of the molecule is CCOC(=O)c1ccc(C(=O)c2cc([N+](=O)[O-])ccc2Cl)[nH]1. The maximum absolute atomic E-state index is 12.3. The minimum absolute atomic E-state index is 0.0203. The van der Waals surface area contributed by atoms with Crippen molar-refractivity contribution in [3.05, 3.63) is 62.4 Å². The number of ether oxygens (including phenoxy) is 1. The molecule has 1 heterocycles. The van der Waals surface area contributed by atoms with Crippen LogP contribution in [0.2, 0.25) is 5.02 Å². The second-order valence-corrected chi connectivity index (χ2v) is 4.66. The summed E-state index contributed by atoms with van der Waals surface area (Å²) in [6, 6.07) is 6.37. The van der Waals surface area contributed by atoms with Crippen molar-refractivity contribution in [3.63, 3.8) is 0 Å². The van der Waals surface area contributed by atoms with Gasteiger partial charge in [0.05, 0.1) is 22.2 Å². The molecule has 7 nitrogen and oxygen atoms in total. The molecule has 1 aromatic carbocycles. The fourth-order valence-corrected chi connectivity index (χ4v) is 2.00. The Balaban J connectivity index is 2.34. The lowest BCUT2D eigenvalue weighted by Gasteiger charge is -2.02. The number of aromatic amines is 1. The molecule has 8 heteroatoms. The first-order chi connectivity index (χ1) is 10.4. The van der Waals surface area contributed by atoms with E-state index in [0.717, 1.165) is 6.07 Å². The summed E-state index contributed by atoms with van der Waals surface area (Å²) in [7, 11) is 0. The summed E-state index contributed by atoms with van der Waals surface area (Å²) in [4.78, 5) is 36.7. The van der Waals surface area contributed by atoms with Crippen LogP contribution in [0.1, 0.15) is 33.5 Å². The van der Waals surface area contributed by atoms with E-state index in [9.17, 15) is 19.7 Å². The molecule has 2 aromatic rings. The van der Waals surface area contributed by atoms with Crippen LogP contribution < -0.4 is 0 Å². The van der Waals surface area contributed by atoms with Gasteiger partial charge in [-0.3, -0.25) is 14.9 Å². The predicted molar refractivity (Wildman–Crippen MR) is 78.3 cm³/mol. The van der Waals surface area contributed by atoms with Gasteiger partial charge in [0.1, 0.15) is 5.69 Å². The molecule has 0 fully saturated rings. The Bertz CT molecular complexity index is 753. The Kier molecular flexibility index (Phi) is 4.57. The second kappa shape index (κ2) is 6.40. The Morgan fingerprint density at radius 3 is 2.59 bits per heavy atom. The molecule has 0 bridgehead atoms. The number of esters is 1. The molecule has 1 aromatic heterocycles. The zero-order valence-electron chi connectivity index (χ0n) is 11.5. The molecule has 0 saturated heterocycles. The molecule has 0 aliphatic carbocycles. The number of hydrogen-bond acceptors (Lipinski definition) is 5. The molecule has 0 aliphatic rings. The van der Waals surface area contributed by atoms with Crippen molar-refractivity contribution < 1.29 is 19.2 Å².